The number of nitrogens with one attached hydrogen (secondary N) is 1. The zero-order valence-electron chi connectivity index (χ0n) is 14.4. The second-order valence-corrected chi connectivity index (χ2v) is 6.28. The second-order valence-electron chi connectivity index (χ2n) is 6.28. The Balaban J connectivity index is 1.84. The van der Waals surface area contributed by atoms with E-state index in [0.717, 1.165) is 34.6 Å². The number of ketones is 1. The highest BCUT2D eigenvalue weighted by Gasteiger charge is 2.23. The summed E-state index contributed by atoms with van der Waals surface area (Å²) in [5.41, 5.74) is 3.85. The lowest BCUT2D eigenvalue weighted by Gasteiger charge is -2.23. The van der Waals surface area contributed by atoms with Crippen LogP contribution < -0.4 is 10.1 Å². The molecule has 0 unspecified atom stereocenters. The summed E-state index contributed by atoms with van der Waals surface area (Å²) in [5.74, 6) is 0.987. The number of ether oxygens (including phenoxy) is 1. The number of amides is 1. The molecule has 2 aromatic rings. The van der Waals surface area contributed by atoms with Crippen molar-refractivity contribution < 1.29 is 14.3 Å². The van der Waals surface area contributed by atoms with E-state index in [-0.39, 0.29) is 17.6 Å². The van der Waals surface area contributed by atoms with Gasteiger partial charge in [0.05, 0.1) is 7.11 Å². The number of allylic oxidation sites excluding steroid dienone is 2. The SMILES string of the molecule is COc1ccc([C@H]2CC(=O)C=C(c3cccc(NC(C)=O)c3)C2)cc1. The van der Waals surface area contributed by atoms with Crippen molar-refractivity contribution in [2.24, 2.45) is 0 Å². The molecular weight excluding hydrogens is 314 g/mol. The molecule has 128 valence electrons. The molecule has 1 atom stereocenters. The van der Waals surface area contributed by atoms with Gasteiger partial charge in [-0.15, -0.1) is 0 Å². The lowest BCUT2D eigenvalue weighted by atomic mass is 9.81. The van der Waals surface area contributed by atoms with Crippen LogP contribution in [-0.2, 0) is 9.59 Å². The van der Waals surface area contributed by atoms with Crippen LogP contribution in [0.15, 0.2) is 54.6 Å². The third-order valence-electron chi connectivity index (χ3n) is 4.39. The largest absolute Gasteiger partial charge is 0.497 e. The Labute approximate surface area is 147 Å². The molecule has 1 N–H and O–H groups in total. The molecule has 1 aliphatic rings. The van der Waals surface area contributed by atoms with E-state index in [0.29, 0.717) is 6.42 Å². The minimum atomic E-state index is -0.109. The van der Waals surface area contributed by atoms with Crippen molar-refractivity contribution in [1.29, 1.82) is 0 Å². The molecule has 0 fully saturated rings. The Bertz CT molecular complexity index is 821. The van der Waals surface area contributed by atoms with E-state index < -0.39 is 0 Å². The van der Waals surface area contributed by atoms with Crippen molar-refractivity contribution in [2.75, 3.05) is 12.4 Å². The van der Waals surface area contributed by atoms with Crippen LogP contribution >= 0.6 is 0 Å². The van der Waals surface area contributed by atoms with E-state index >= 15 is 0 Å². The maximum Gasteiger partial charge on any atom is 0.221 e. The van der Waals surface area contributed by atoms with E-state index in [1.807, 2.05) is 48.5 Å². The minimum Gasteiger partial charge on any atom is -0.497 e. The predicted octanol–water partition coefficient (Wildman–Crippen LogP) is 4.18. The molecular formula is C21H21NO3. The first-order chi connectivity index (χ1) is 12.0. The van der Waals surface area contributed by atoms with Gasteiger partial charge in [-0.1, -0.05) is 24.3 Å². The zero-order valence-corrected chi connectivity index (χ0v) is 14.4. The Morgan fingerprint density at radius 1 is 1.12 bits per heavy atom. The van der Waals surface area contributed by atoms with Gasteiger partial charge in [0.25, 0.3) is 0 Å². The molecule has 0 heterocycles. The number of rotatable bonds is 4. The first-order valence-electron chi connectivity index (χ1n) is 8.30. The molecule has 0 bridgehead atoms. The molecule has 0 aliphatic heterocycles. The molecule has 25 heavy (non-hydrogen) atoms. The van der Waals surface area contributed by atoms with Crippen molar-refractivity contribution in [1.82, 2.24) is 0 Å². The van der Waals surface area contributed by atoms with Gasteiger partial charge in [0.15, 0.2) is 5.78 Å². The number of methoxy groups -OCH3 is 1. The van der Waals surface area contributed by atoms with Gasteiger partial charge in [0.1, 0.15) is 5.75 Å². The highest BCUT2D eigenvalue weighted by Crippen LogP contribution is 2.37. The Hall–Kier alpha value is -2.88. The van der Waals surface area contributed by atoms with E-state index in [9.17, 15) is 9.59 Å². The summed E-state index contributed by atoms with van der Waals surface area (Å²) in [6, 6.07) is 15.5. The highest BCUT2D eigenvalue weighted by atomic mass is 16.5. The molecule has 3 rings (SSSR count). The zero-order chi connectivity index (χ0) is 17.8. The van der Waals surface area contributed by atoms with Crippen LogP contribution in [0.25, 0.3) is 5.57 Å². The van der Waals surface area contributed by atoms with E-state index in [2.05, 4.69) is 5.32 Å². The maximum atomic E-state index is 12.2. The number of hydrogen-bond acceptors (Lipinski definition) is 3. The molecule has 4 heteroatoms. The molecule has 2 aromatic carbocycles. The average Bonchev–Trinajstić information content (AvgIpc) is 2.61. The summed E-state index contributed by atoms with van der Waals surface area (Å²) in [5, 5.41) is 2.79. The smallest absolute Gasteiger partial charge is 0.221 e. The van der Waals surface area contributed by atoms with E-state index in [1.54, 1.807) is 13.2 Å². The van der Waals surface area contributed by atoms with Crippen LogP contribution in [0, 0.1) is 0 Å². The standard InChI is InChI=1S/C21H21NO3/c1-14(23)22-19-5-3-4-16(11-19)18-10-17(12-20(24)13-18)15-6-8-21(25-2)9-7-15/h3-9,11,13,17H,10,12H2,1-2H3,(H,22,23)/t17-/m1/s1. The van der Waals surface area contributed by atoms with Gasteiger partial charge in [-0.05, 0) is 59.4 Å². The molecule has 0 aromatic heterocycles. The van der Waals surface area contributed by atoms with Crippen LogP contribution in [0.3, 0.4) is 0 Å². The maximum absolute atomic E-state index is 12.2. The summed E-state index contributed by atoms with van der Waals surface area (Å²) in [4.78, 5) is 23.5. The highest BCUT2D eigenvalue weighted by molar-refractivity contribution is 5.99. The Morgan fingerprint density at radius 3 is 2.56 bits per heavy atom. The average molecular weight is 335 g/mol. The number of benzene rings is 2. The first kappa shape index (κ1) is 17.0. The summed E-state index contributed by atoms with van der Waals surface area (Å²) >= 11 is 0. The van der Waals surface area contributed by atoms with Gasteiger partial charge in [-0.25, -0.2) is 0 Å². The summed E-state index contributed by atoms with van der Waals surface area (Å²) in [7, 11) is 1.64. The number of hydrogen-bond donors (Lipinski definition) is 1. The Morgan fingerprint density at radius 2 is 1.88 bits per heavy atom. The second kappa shape index (κ2) is 7.34. The van der Waals surface area contributed by atoms with Crippen molar-refractivity contribution in [3.8, 4) is 5.75 Å². The fraction of sp³-hybridized carbons (Fsp3) is 0.238. The lowest BCUT2D eigenvalue weighted by Crippen LogP contribution is -2.12. The van der Waals surface area contributed by atoms with Gasteiger partial charge in [-0.3, -0.25) is 9.59 Å². The van der Waals surface area contributed by atoms with Gasteiger partial charge in [0, 0.05) is 19.0 Å². The summed E-state index contributed by atoms with van der Waals surface area (Å²) < 4.78 is 5.20. The monoisotopic (exact) mass is 335 g/mol. The topological polar surface area (TPSA) is 55.4 Å². The Kier molecular flexibility index (Phi) is 4.98. The molecule has 0 spiro atoms. The molecule has 1 amide bonds. The normalized spacial score (nSPS) is 17.0. The first-order valence-corrected chi connectivity index (χ1v) is 8.30. The van der Waals surface area contributed by atoms with Crippen LogP contribution in [0.4, 0.5) is 5.69 Å². The van der Waals surface area contributed by atoms with Crippen LogP contribution in [0.1, 0.15) is 36.8 Å². The summed E-state index contributed by atoms with van der Waals surface area (Å²) in [6.07, 6.45) is 3.04. The van der Waals surface area contributed by atoms with Crippen molar-refractivity contribution >= 4 is 23.0 Å². The van der Waals surface area contributed by atoms with Crippen LogP contribution in [0.5, 0.6) is 5.75 Å². The number of anilines is 1. The van der Waals surface area contributed by atoms with Gasteiger partial charge < -0.3 is 10.1 Å². The predicted molar refractivity (Wildman–Crippen MR) is 98.7 cm³/mol. The molecule has 0 saturated carbocycles. The van der Waals surface area contributed by atoms with E-state index in [1.165, 1.54) is 6.92 Å². The molecule has 0 radical (unpaired) electrons. The summed E-state index contributed by atoms with van der Waals surface area (Å²) in [6.45, 7) is 1.48. The third-order valence-corrected chi connectivity index (χ3v) is 4.39. The van der Waals surface area contributed by atoms with Gasteiger partial charge in [0.2, 0.25) is 5.91 Å². The molecule has 0 saturated heterocycles. The fourth-order valence-corrected chi connectivity index (χ4v) is 3.21. The van der Waals surface area contributed by atoms with Crippen molar-refractivity contribution in [2.45, 2.75) is 25.7 Å². The van der Waals surface area contributed by atoms with Crippen molar-refractivity contribution in [3.05, 3.63) is 65.7 Å². The minimum absolute atomic E-state index is 0.109. The van der Waals surface area contributed by atoms with E-state index in [4.69, 9.17) is 4.74 Å². The quantitative estimate of drug-likeness (QED) is 0.912. The van der Waals surface area contributed by atoms with Gasteiger partial charge >= 0.3 is 0 Å². The molecule has 4 nitrogen and oxygen atoms in total. The number of carbonyl (C=O) groups is 2. The number of carbonyl (C=O) groups excluding carboxylic acids is 2. The molecule has 1 aliphatic carbocycles. The fourth-order valence-electron chi connectivity index (χ4n) is 3.21. The third kappa shape index (κ3) is 4.15. The van der Waals surface area contributed by atoms with Gasteiger partial charge in [-0.2, -0.15) is 0 Å². The van der Waals surface area contributed by atoms with Crippen molar-refractivity contribution in [3.63, 3.8) is 0 Å². The van der Waals surface area contributed by atoms with Crippen LogP contribution in [-0.4, -0.2) is 18.8 Å². The van der Waals surface area contributed by atoms with Crippen LogP contribution in [0.2, 0.25) is 0 Å². The lowest BCUT2D eigenvalue weighted by molar-refractivity contribution is -0.115.